The molecule has 1 saturated heterocycles. The van der Waals surface area contributed by atoms with E-state index >= 15 is 0 Å². The Morgan fingerprint density at radius 3 is 2.56 bits per heavy atom. The van der Waals surface area contributed by atoms with Crippen LogP contribution in [0.3, 0.4) is 0 Å². The fourth-order valence-electron chi connectivity index (χ4n) is 3.16. The molecule has 1 fully saturated rings. The Balaban J connectivity index is 1.88. The highest BCUT2D eigenvalue weighted by atomic mass is 16.2. The third-order valence-electron chi connectivity index (χ3n) is 4.35. The lowest BCUT2D eigenvalue weighted by Gasteiger charge is -2.41. The molecule has 0 spiro atoms. The van der Waals surface area contributed by atoms with Crippen molar-refractivity contribution in [3.63, 3.8) is 0 Å². The largest absolute Gasteiger partial charge is 0.345 e. The van der Waals surface area contributed by atoms with Gasteiger partial charge in [0.25, 0.3) is 5.91 Å². The standard InChI is InChI=1S/C18H20N4O3/c1-12-10-15(20-18(25)19-12)17(24)21-8-9-22(13(2)23)16(11-21)14-6-4-3-5-7-14/h3-7,10,16H,8-9,11H2,1-2H3,(H,19,20,25)/t16-/m0/s1. The molecule has 1 aromatic heterocycles. The molecule has 7 nitrogen and oxygen atoms in total. The van der Waals surface area contributed by atoms with Crippen molar-refractivity contribution in [2.45, 2.75) is 19.9 Å². The van der Waals surface area contributed by atoms with E-state index in [1.54, 1.807) is 22.8 Å². The van der Waals surface area contributed by atoms with Gasteiger partial charge in [-0.15, -0.1) is 0 Å². The summed E-state index contributed by atoms with van der Waals surface area (Å²) in [5, 5.41) is 0. The van der Waals surface area contributed by atoms with Gasteiger partial charge in [0.05, 0.1) is 6.04 Å². The maximum absolute atomic E-state index is 12.8. The van der Waals surface area contributed by atoms with Gasteiger partial charge in [0, 0.05) is 32.3 Å². The van der Waals surface area contributed by atoms with Crippen LogP contribution in [-0.4, -0.2) is 51.2 Å². The van der Waals surface area contributed by atoms with E-state index in [2.05, 4.69) is 9.97 Å². The zero-order valence-electron chi connectivity index (χ0n) is 14.2. The van der Waals surface area contributed by atoms with Crippen LogP contribution in [0, 0.1) is 6.92 Å². The fourth-order valence-corrected chi connectivity index (χ4v) is 3.16. The summed E-state index contributed by atoms with van der Waals surface area (Å²) in [6.45, 7) is 4.48. The monoisotopic (exact) mass is 340 g/mol. The van der Waals surface area contributed by atoms with Crippen LogP contribution in [0.1, 0.15) is 34.7 Å². The van der Waals surface area contributed by atoms with Gasteiger partial charge < -0.3 is 14.8 Å². The minimum atomic E-state index is -0.537. The van der Waals surface area contributed by atoms with E-state index in [1.165, 1.54) is 6.92 Å². The molecular formula is C18H20N4O3. The second-order valence-corrected chi connectivity index (χ2v) is 6.14. The molecule has 3 rings (SSSR count). The Kier molecular flexibility index (Phi) is 4.65. The number of nitrogens with zero attached hydrogens (tertiary/aromatic N) is 3. The maximum atomic E-state index is 12.8. The molecule has 7 heteroatoms. The number of rotatable bonds is 2. The zero-order valence-corrected chi connectivity index (χ0v) is 14.2. The lowest BCUT2D eigenvalue weighted by molar-refractivity contribution is -0.133. The molecule has 130 valence electrons. The molecule has 0 radical (unpaired) electrons. The van der Waals surface area contributed by atoms with E-state index in [-0.39, 0.29) is 23.6 Å². The molecular weight excluding hydrogens is 320 g/mol. The van der Waals surface area contributed by atoms with Crippen LogP contribution in [-0.2, 0) is 4.79 Å². The van der Waals surface area contributed by atoms with Gasteiger partial charge in [-0.05, 0) is 18.6 Å². The van der Waals surface area contributed by atoms with E-state index < -0.39 is 5.69 Å². The molecule has 2 aromatic rings. The Morgan fingerprint density at radius 1 is 1.20 bits per heavy atom. The summed E-state index contributed by atoms with van der Waals surface area (Å²) >= 11 is 0. The second-order valence-electron chi connectivity index (χ2n) is 6.14. The van der Waals surface area contributed by atoms with Crippen molar-refractivity contribution in [1.29, 1.82) is 0 Å². The third kappa shape index (κ3) is 3.60. The van der Waals surface area contributed by atoms with Crippen LogP contribution < -0.4 is 5.69 Å². The van der Waals surface area contributed by atoms with Gasteiger partial charge in [0.15, 0.2) is 0 Å². The van der Waals surface area contributed by atoms with Crippen molar-refractivity contribution in [3.05, 3.63) is 63.8 Å². The number of aromatic amines is 1. The molecule has 1 aliphatic heterocycles. The maximum Gasteiger partial charge on any atom is 0.345 e. The number of aryl methyl sites for hydroxylation is 1. The van der Waals surface area contributed by atoms with Gasteiger partial charge in [0.1, 0.15) is 5.69 Å². The first-order valence-electron chi connectivity index (χ1n) is 8.15. The van der Waals surface area contributed by atoms with Crippen LogP contribution in [0.2, 0.25) is 0 Å². The van der Waals surface area contributed by atoms with Crippen molar-refractivity contribution in [2.75, 3.05) is 19.6 Å². The lowest BCUT2D eigenvalue weighted by Crippen LogP contribution is -2.52. The summed E-state index contributed by atoms with van der Waals surface area (Å²) in [4.78, 5) is 46.0. The number of nitrogens with one attached hydrogen (secondary N) is 1. The number of benzene rings is 1. The Morgan fingerprint density at radius 2 is 1.92 bits per heavy atom. The summed E-state index contributed by atoms with van der Waals surface area (Å²) in [5.74, 6) is -0.315. The number of H-pyrrole nitrogens is 1. The number of hydrogen-bond donors (Lipinski definition) is 1. The summed E-state index contributed by atoms with van der Waals surface area (Å²) < 4.78 is 0. The Hall–Kier alpha value is -2.96. The lowest BCUT2D eigenvalue weighted by atomic mass is 10.0. The average molecular weight is 340 g/mol. The first-order valence-corrected chi connectivity index (χ1v) is 8.15. The molecule has 25 heavy (non-hydrogen) atoms. The molecule has 1 aliphatic rings. The molecule has 0 unspecified atom stereocenters. The normalized spacial score (nSPS) is 17.4. The van der Waals surface area contributed by atoms with Gasteiger partial charge in [-0.2, -0.15) is 4.98 Å². The van der Waals surface area contributed by atoms with Crippen LogP contribution in [0.15, 0.2) is 41.2 Å². The Labute approximate surface area is 145 Å². The van der Waals surface area contributed by atoms with Crippen molar-refractivity contribution in [2.24, 2.45) is 0 Å². The molecule has 1 aromatic carbocycles. The predicted octanol–water partition coefficient (Wildman–Crippen LogP) is 1.12. The minimum Gasteiger partial charge on any atom is -0.333 e. The first-order chi connectivity index (χ1) is 12.0. The highest BCUT2D eigenvalue weighted by Crippen LogP contribution is 2.26. The summed E-state index contributed by atoms with van der Waals surface area (Å²) in [6, 6.07) is 11.0. The molecule has 2 amide bonds. The summed E-state index contributed by atoms with van der Waals surface area (Å²) in [6.07, 6.45) is 0. The number of piperazine rings is 1. The average Bonchev–Trinajstić information content (AvgIpc) is 2.60. The molecule has 2 heterocycles. The zero-order chi connectivity index (χ0) is 18.0. The van der Waals surface area contributed by atoms with Crippen molar-refractivity contribution >= 4 is 11.8 Å². The van der Waals surface area contributed by atoms with E-state index in [0.29, 0.717) is 25.3 Å². The summed E-state index contributed by atoms with van der Waals surface area (Å²) in [5.41, 5.74) is 1.16. The number of amides is 2. The highest BCUT2D eigenvalue weighted by Gasteiger charge is 2.32. The van der Waals surface area contributed by atoms with Crippen molar-refractivity contribution in [3.8, 4) is 0 Å². The summed E-state index contributed by atoms with van der Waals surface area (Å²) in [7, 11) is 0. The molecule has 0 saturated carbocycles. The third-order valence-corrected chi connectivity index (χ3v) is 4.35. The van der Waals surface area contributed by atoms with E-state index in [1.807, 2.05) is 30.3 Å². The molecule has 0 bridgehead atoms. The van der Waals surface area contributed by atoms with Crippen LogP contribution >= 0.6 is 0 Å². The first kappa shape index (κ1) is 16.9. The highest BCUT2D eigenvalue weighted by molar-refractivity contribution is 5.92. The van der Waals surface area contributed by atoms with Crippen LogP contribution in [0.4, 0.5) is 0 Å². The van der Waals surface area contributed by atoms with Crippen LogP contribution in [0.25, 0.3) is 0 Å². The van der Waals surface area contributed by atoms with E-state index in [4.69, 9.17) is 0 Å². The predicted molar refractivity (Wildman–Crippen MR) is 92.1 cm³/mol. The topological polar surface area (TPSA) is 86.4 Å². The van der Waals surface area contributed by atoms with Gasteiger partial charge in [0.2, 0.25) is 5.91 Å². The molecule has 0 aliphatic carbocycles. The van der Waals surface area contributed by atoms with E-state index in [0.717, 1.165) is 5.56 Å². The smallest absolute Gasteiger partial charge is 0.333 e. The molecule has 1 atom stereocenters. The number of aromatic nitrogens is 2. The van der Waals surface area contributed by atoms with E-state index in [9.17, 15) is 14.4 Å². The quantitative estimate of drug-likeness (QED) is 0.888. The number of carbonyl (C=O) groups excluding carboxylic acids is 2. The minimum absolute atomic E-state index is 0.0222. The number of hydrogen-bond acceptors (Lipinski definition) is 4. The number of carbonyl (C=O) groups is 2. The van der Waals surface area contributed by atoms with Gasteiger partial charge >= 0.3 is 5.69 Å². The van der Waals surface area contributed by atoms with Crippen molar-refractivity contribution in [1.82, 2.24) is 19.8 Å². The van der Waals surface area contributed by atoms with Gasteiger partial charge in [-0.1, -0.05) is 30.3 Å². The van der Waals surface area contributed by atoms with Gasteiger partial charge in [-0.3, -0.25) is 9.59 Å². The fraction of sp³-hybridized carbons (Fsp3) is 0.333. The molecule has 1 N–H and O–H groups in total. The SMILES string of the molecule is CC(=O)N1CCN(C(=O)c2cc(C)[nH]c(=O)n2)C[C@H]1c1ccccc1. The second kappa shape index (κ2) is 6.88. The Bertz CT molecular complexity index is 847. The van der Waals surface area contributed by atoms with Crippen LogP contribution in [0.5, 0.6) is 0 Å². The van der Waals surface area contributed by atoms with Crippen molar-refractivity contribution < 1.29 is 9.59 Å². The van der Waals surface area contributed by atoms with Gasteiger partial charge in [-0.25, -0.2) is 4.79 Å².